The number of hydrogen-bond donors (Lipinski definition) is 2. The first-order valence-electron chi connectivity index (χ1n) is 5.66. The highest BCUT2D eigenvalue weighted by Crippen LogP contribution is 2.08. The fraction of sp³-hybridized carbons (Fsp3) is 0.909. The second kappa shape index (κ2) is 11.8. The minimum absolute atomic E-state index is 0. The van der Waals surface area contributed by atoms with Crippen molar-refractivity contribution in [1.82, 2.24) is 5.32 Å². The summed E-state index contributed by atoms with van der Waals surface area (Å²) in [7, 11) is 0. The highest BCUT2D eigenvalue weighted by atomic mass is 127. The van der Waals surface area contributed by atoms with Crippen molar-refractivity contribution in [3.05, 3.63) is 0 Å². The Kier molecular flexibility index (Phi) is 13.8. The van der Waals surface area contributed by atoms with Crippen molar-refractivity contribution in [3.63, 3.8) is 0 Å². The molecule has 0 aromatic rings. The Morgan fingerprint density at radius 3 is 2.44 bits per heavy atom. The zero-order valence-corrected chi connectivity index (χ0v) is 14.0. The number of nitrogens with one attached hydrogen (secondary N) is 1. The van der Waals surface area contributed by atoms with Crippen LogP contribution in [-0.2, 0) is 0 Å². The van der Waals surface area contributed by atoms with Crippen molar-refractivity contribution in [3.8, 4) is 0 Å². The second-order valence-corrected chi connectivity index (χ2v) is 5.54. The zero-order valence-electron chi connectivity index (χ0n) is 10.8. The average Bonchev–Trinajstić information content (AvgIpc) is 2.09. The van der Waals surface area contributed by atoms with E-state index in [-0.39, 0.29) is 24.0 Å². The second-order valence-electron chi connectivity index (χ2n) is 4.39. The minimum atomic E-state index is 0. The van der Waals surface area contributed by atoms with Gasteiger partial charge in [-0.15, -0.1) is 24.0 Å². The van der Waals surface area contributed by atoms with E-state index in [1.54, 1.807) is 0 Å². The van der Waals surface area contributed by atoms with Gasteiger partial charge >= 0.3 is 0 Å². The summed E-state index contributed by atoms with van der Waals surface area (Å²) in [5.41, 5.74) is 5.67. The highest BCUT2D eigenvalue weighted by Gasteiger charge is 1.95. The number of nitrogens with zero attached hydrogens (tertiary/aromatic N) is 1. The number of nitrogens with two attached hydrogens (primary N) is 1. The smallest absolute Gasteiger partial charge is 0.188 e. The Balaban J connectivity index is 0. The molecule has 3 N–H and O–H groups in total. The SMILES string of the molecule is CC(C)CSCCCN=C(N)NC(C)C.I. The van der Waals surface area contributed by atoms with E-state index in [0.717, 1.165) is 18.9 Å². The van der Waals surface area contributed by atoms with Gasteiger partial charge in [-0.1, -0.05) is 13.8 Å². The molecule has 0 unspecified atom stereocenters. The Labute approximate surface area is 121 Å². The fourth-order valence-corrected chi connectivity index (χ4v) is 2.00. The van der Waals surface area contributed by atoms with E-state index in [2.05, 4.69) is 38.0 Å². The van der Waals surface area contributed by atoms with Crippen LogP contribution in [0.5, 0.6) is 0 Å². The molecule has 0 amide bonds. The van der Waals surface area contributed by atoms with Gasteiger partial charge in [0.2, 0.25) is 0 Å². The summed E-state index contributed by atoms with van der Waals surface area (Å²) < 4.78 is 0. The molecule has 0 fully saturated rings. The lowest BCUT2D eigenvalue weighted by molar-refractivity contribution is 0.722. The van der Waals surface area contributed by atoms with E-state index in [1.165, 1.54) is 11.5 Å². The maximum Gasteiger partial charge on any atom is 0.188 e. The molecule has 3 nitrogen and oxygen atoms in total. The number of rotatable bonds is 7. The zero-order chi connectivity index (χ0) is 11.7. The minimum Gasteiger partial charge on any atom is -0.370 e. The summed E-state index contributed by atoms with van der Waals surface area (Å²) >= 11 is 2.00. The average molecular weight is 359 g/mol. The fourth-order valence-electron chi connectivity index (χ4n) is 1.03. The van der Waals surface area contributed by atoms with Gasteiger partial charge in [0.1, 0.15) is 0 Å². The Bertz CT molecular complexity index is 184. The maximum atomic E-state index is 5.67. The molecule has 0 aliphatic rings. The van der Waals surface area contributed by atoms with Crippen molar-refractivity contribution in [2.45, 2.75) is 40.2 Å². The van der Waals surface area contributed by atoms with E-state index in [9.17, 15) is 0 Å². The first kappa shape index (κ1) is 18.7. The standard InChI is InChI=1S/C11H25N3S.HI/c1-9(2)8-15-7-5-6-13-11(12)14-10(3)4;/h9-10H,5-8H2,1-4H3,(H3,12,13,14);1H. The predicted octanol–water partition coefficient (Wildman–Crippen LogP) is 2.70. The van der Waals surface area contributed by atoms with Crippen LogP contribution in [-0.4, -0.2) is 30.1 Å². The van der Waals surface area contributed by atoms with Crippen LogP contribution in [0, 0.1) is 5.92 Å². The summed E-state index contributed by atoms with van der Waals surface area (Å²) in [6.45, 7) is 9.43. The monoisotopic (exact) mass is 359 g/mol. The number of halogens is 1. The van der Waals surface area contributed by atoms with Crippen LogP contribution in [0.1, 0.15) is 34.1 Å². The first-order chi connectivity index (χ1) is 7.02. The maximum absolute atomic E-state index is 5.67. The third-order valence-corrected chi connectivity index (χ3v) is 3.10. The van der Waals surface area contributed by atoms with E-state index >= 15 is 0 Å². The molecule has 0 atom stereocenters. The molecule has 0 aromatic carbocycles. The van der Waals surface area contributed by atoms with Gasteiger partial charge in [-0.3, -0.25) is 4.99 Å². The lowest BCUT2D eigenvalue weighted by Gasteiger charge is -2.08. The number of hydrogen-bond acceptors (Lipinski definition) is 2. The van der Waals surface area contributed by atoms with Gasteiger partial charge in [0.25, 0.3) is 0 Å². The molecular formula is C11H26IN3S. The molecule has 0 rings (SSSR count). The molecule has 0 saturated carbocycles. The number of thioether (sulfide) groups is 1. The van der Waals surface area contributed by atoms with E-state index in [0.29, 0.717) is 12.0 Å². The summed E-state index contributed by atoms with van der Waals surface area (Å²) in [5.74, 6) is 3.77. The molecule has 16 heavy (non-hydrogen) atoms. The van der Waals surface area contributed by atoms with Gasteiger partial charge in [0.15, 0.2) is 5.96 Å². The van der Waals surface area contributed by atoms with Crippen LogP contribution < -0.4 is 11.1 Å². The summed E-state index contributed by atoms with van der Waals surface area (Å²) in [4.78, 5) is 4.25. The van der Waals surface area contributed by atoms with Gasteiger partial charge in [-0.2, -0.15) is 11.8 Å². The predicted molar refractivity (Wildman–Crippen MR) is 87.0 cm³/mol. The Morgan fingerprint density at radius 2 is 1.94 bits per heavy atom. The van der Waals surface area contributed by atoms with Crippen molar-refractivity contribution in [1.29, 1.82) is 0 Å². The van der Waals surface area contributed by atoms with Gasteiger partial charge < -0.3 is 11.1 Å². The van der Waals surface area contributed by atoms with Gasteiger partial charge in [-0.05, 0) is 37.7 Å². The van der Waals surface area contributed by atoms with Crippen LogP contribution >= 0.6 is 35.7 Å². The van der Waals surface area contributed by atoms with E-state index in [1.807, 2.05) is 11.8 Å². The van der Waals surface area contributed by atoms with Crippen LogP contribution in [0.25, 0.3) is 0 Å². The van der Waals surface area contributed by atoms with E-state index in [4.69, 9.17) is 5.73 Å². The third-order valence-electron chi connectivity index (χ3n) is 1.62. The van der Waals surface area contributed by atoms with Gasteiger partial charge in [0.05, 0.1) is 0 Å². The van der Waals surface area contributed by atoms with E-state index < -0.39 is 0 Å². The highest BCUT2D eigenvalue weighted by molar-refractivity contribution is 14.0. The van der Waals surface area contributed by atoms with Crippen molar-refractivity contribution in [2.75, 3.05) is 18.1 Å². The van der Waals surface area contributed by atoms with Crippen LogP contribution in [0.3, 0.4) is 0 Å². The van der Waals surface area contributed by atoms with Crippen LogP contribution in [0.15, 0.2) is 4.99 Å². The molecule has 98 valence electrons. The molecule has 0 aliphatic heterocycles. The molecule has 0 spiro atoms. The van der Waals surface area contributed by atoms with Crippen LogP contribution in [0.4, 0.5) is 0 Å². The summed E-state index contributed by atoms with van der Waals surface area (Å²) in [6, 6.07) is 0.365. The lowest BCUT2D eigenvalue weighted by atomic mass is 10.3. The topological polar surface area (TPSA) is 50.4 Å². The van der Waals surface area contributed by atoms with Crippen molar-refractivity contribution < 1.29 is 0 Å². The molecule has 0 radical (unpaired) electrons. The molecule has 0 bridgehead atoms. The lowest BCUT2D eigenvalue weighted by Crippen LogP contribution is -2.36. The molecule has 0 heterocycles. The summed E-state index contributed by atoms with van der Waals surface area (Å²) in [6.07, 6.45) is 1.11. The van der Waals surface area contributed by atoms with Crippen molar-refractivity contribution in [2.24, 2.45) is 16.6 Å². The Morgan fingerprint density at radius 1 is 1.31 bits per heavy atom. The third kappa shape index (κ3) is 14.4. The molecule has 5 heteroatoms. The molecular weight excluding hydrogens is 333 g/mol. The normalized spacial score (nSPS) is 11.8. The largest absolute Gasteiger partial charge is 0.370 e. The first-order valence-corrected chi connectivity index (χ1v) is 6.82. The molecule has 0 saturated heterocycles. The molecule has 0 aliphatic carbocycles. The van der Waals surface area contributed by atoms with Crippen LogP contribution in [0.2, 0.25) is 0 Å². The number of aliphatic imine (C=N–C) groups is 1. The van der Waals surface area contributed by atoms with Gasteiger partial charge in [0, 0.05) is 12.6 Å². The van der Waals surface area contributed by atoms with Gasteiger partial charge in [-0.25, -0.2) is 0 Å². The summed E-state index contributed by atoms with van der Waals surface area (Å²) in [5, 5.41) is 3.07. The Hall–Kier alpha value is 0.350. The molecule has 0 aromatic heterocycles. The number of guanidine groups is 1. The quantitative estimate of drug-likeness (QED) is 0.318. The van der Waals surface area contributed by atoms with Crippen molar-refractivity contribution >= 4 is 41.7 Å².